The number of aromatic amines is 1. The number of aromatic nitrogens is 4. The fourth-order valence-electron chi connectivity index (χ4n) is 2.47. The molecular formula is C14H22FN5. The third-order valence-electron chi connectivity index (χ3n) is 4.05. The number of fused-ring (bicyclic) bond motifs is 1. The summed E-state index contributed by atoms with van der Waals surface area (Å²) in [6.45, 7) is 8.74. The Labute approximate surface area is 118 Å². The number of anilines is 1. The fourth-order valence-corrected chi connectivity index (χ4v) is 2.47. The predicted molar refractivity (Wildman–Crippen MR) is 78.0 cm³/mol. The molecule has 3 unspecified atom stereocenters. The summed E-state index contributed by atoms with van der Waals surface area (Å²) in [4.78, 5) is 14.4. The highest BCUT2D eigenvalue weighted by molar-refractivity contribution is 5.82. The van der Waals surface area contributed by atoms with Crippen molar-refractivity contribution in [2.75, 3.05) is 5.32 Å². The van der Waals surface area contributed by atoms with E-state index in [-0.39, 0.29) is 6.04 Å². The summed E-state index contributed by atoms with van der Waals surface area (Å²) in [5.41, 5.74) is 0.995. The van der Waals surface area contributed by atoms with Crippen molar-refractivity contribution in [3.63, 3.8) is 0 Å². The molecule has 0 fully saturated rings. The number of H-pyrrole nitrogens is 1. The Morgan fingerprint density at radius 1 is 1.30 bits per heavy atom. The van der Waals surface area contributed by atoms with Gasteiger partial charge in [-0.15, -0.1) is 0 Å². The zero-order chi connectivity index (χ0) is 14.7. The lowest BCUT2D eigenvalue weighted by Crippen LogP contribution is -2.29. The molecule has 5 nitrogen and oxygen atoms in total. The summed E-state index contributed by atoms with van der Waals surface area (Å²) in [7, 11) is 0. The van der Waals surface area contributed by atoms with Gasteiger partial charge in [0.1, 0.15) is 5.52 Å². The standard InChI is InChI=1S/C14H22FN5/c1-5-6-8(2)9(3)10(4)18-13-11-12(17-7-16-11)19-14(15)20-13/h7-10H,5-6H2,1-4H3,(H2,16,17,18,19,20). The van der Waals surface area contributed by atoms with E-state index < -0.39 is 6.08 Å². The molecule has 2 aromatic rings. The van der Waals surface area contributed by atoms with Crippen LogP contribution in [0.4, 0.5) is 10.2 Å². The van der Waals surface area contributed by atoms with E-state index in [1.807, 2.05) is 0 Å². The lowest BCUT2D eigenvalue weighted by molar-refractivity contribution is 0.330. The van der Waals surface area contributed by atoms with Crippen molar-refractivity contribution in [3.8, 4) is 0 Å². The molecule has 0 radical (unpaired) electrons. The van der Waals surface area contributed by atoms with Gasteiger partial charge in [-0.25, -0.2) is 4.98 Å². The first-order valence-corrected chi connectivity index (χ1v) is 7.16. The van der Waals surface area contributed by atoms with Crippen molar-refractivity contribution in [3.05, 3.63) is 12.4 Å². The molecular weight excluding hydrogens is 257 g/mol. The van der Waals surface area contributed by atoms with Crippen LogP contribution in [0.2, 0.25) is 0 Å². The zero-order valence-corrected chi connectivity index (χ0v) is 12.4. The fraction of sp³-hybridized carbons (Fsp3) is 0.643. The van der Waals surface area contributed by atoms with Crippen molar-refractivity contribution in [1.82, 2.24) is 19.9 Å². The quantitative estimate of drug-likeness (QED) is 0.796. The molecule has 0 saturated carbocycles. The average Bonchev–Trinajstić information content (AvgIpc) is 2.86. The van der Waals surface area contributed by atoms with E-state index in [0.29, 0.717) is 28.8 Å². The predicted octanol–water partition coefficient (Wildman–Crippen LogP) is 3.36. The van der Waals surface area contributed by atoms with Crippen molar-refractivity contribution in [2.24, 2.45) is 11.8 Å². The maximum absolute atomic E-state index is 13.4. The second-order valence-corrected chi connectivity index (χ2v) is 5.50. The monoisotopic (exact) mass is 279 g/mol. The first-order valence-electron chi connectivity index (χ1n) is 7.16. The molecule has 3 atom stereocenters. The molecule has 0 saturated heterocycles. The lowest BCUT2D eigenvalue weighted by atomic mass is 9.87. The van der Waals surface area contributed by atoms with Crippen LogP contribution in [-0.2, 0) is 0 Å². The number of hydrogen-bond acceptors (Lipinski definition) is 4. The van der Waals surface area contributed by atoms with E-state index >= 15 is 0 Å². The van der Waals surface area contributed by atoms with E-state index in [1.54, 1.807) is 0 Å². The number of imidazole rings is 1. The average molecular weight is 279 g/mol. The molecule has 2 aromatic heterocycles. The normalized spacial score (nSPS) is 16.1. The summed E-state index contributed by atoms with van der Waals surface area (Å²) in [6.07, 6.45) is 3.10. The first kappa shape index (κ1) is 14.7. The third kappa shape index (κ3) is 3.05. The first-order chi connectivity index (χ1) is 9.52. The van der Waals surface area contributed by atoms with Gasteiger partial charge in [0.15, 0.2) is 11.5 Å². The van der Waals surface area contributed by atoms with Crippen LogP contribution in [0.25, 0.3) is 11.2 Å². The summed E-state index contributed by atoms with van der Waals surface area (Å²) in [6, 6.07) is 0.192. The summed E-state index contributed by atoms with van der Waals surface area (Å²) in [5.74, 6) is 1.55. The molecule has 20 heavy (non-hydrogen) atoms. The Morgan fingerprint density at radius 2 is 2.05 bits per heavy atom. The Kier molecular flexibility index (Phi) is 4.52. The highest BCUT2D eigenvalue weighted by atomic mass is 19.1. The van der Waals surface area contributed by atoms with Gasteiger partial charge in [-0.05, 0) is 18.8 Å². The van der Waals surface area contributed by atoms with Crippen LogP contribution in [0.5, 0.6) is 0 Å². The maximum atomic E-state index is 13.4. The van der Waals surface area contributed by atoms with E-state index in [2.05, 4.69) is 52.9 Å². The van der Waals surface area contributed by atoms with E-state index in [1.165, 1.54) is 19.2 Å². The molecule has 0 aromatic carbocycles. The van der Waals surface area contributed by atoms with Gasteiger partial charge in [0, 0.05) is 6.04 Å². The number of rotatable bonds is 6. The SMILES string of the molecule is CCCC(C)C(C)C(C)Nc1nc(F)nc2nc[nH]c12. The molecule has 2 rings (SSSR count). The highest BCUT2D eigenvalue weighted by Crippen LogP contribution is 2.24. The molecule has 110 valence electrons. The zero-order valence-electron chi connectivity index (χ0n) is 12.4. The van der Waals surface area contributed by atoms with Crippen molar-refractivity contribution in [2.45, 2.75) is 46.6 Å². The van der Waals surface area contributed by atoms with Gasteiger partial charge >= 0.3 is 6.08 Å². The van der Waals surface area contributed by atoms with Crippen LogP contribution >= 0.6 is 0 Å². The highest BCUT2D eigenvalue weighted by Gasteiger charge is 2.20. The van der Waals surface area contributed by atoms with Crippen LogP contribution < -0.4 is 5.32 Å². The number of nitrogens with zero attached hydrogens (tertiary/aromatic N) is 3. The summed E-state index contributed by atoms with van der Waals surface area (Å²) in [5, 5.41) is 3.29. The minimum absolute atomic E-state index is 0.192. The van der Waals surface area contributed by atoms with E-state index in [0.717, 1.165) is 0 Å². The van der Waals surface area contributed by atoms with Crippen molar-refractivity contribution < 1.29 is 4.39 Å². The smallest absolute Gasteiger partial charge is 0.312 e. The van der Waals surface area contributed by atoms with Gasteiger partial charge in [-0.2, -0.15) is 14.4 Å². The minimum Gasteiger partial charge on any atom is -0.365 e. The Balaban J connectivity index is 2.17. The topological polar surface area (TPSA) is 66.5 Å². The third-order valence-corrected chi connectivity index (χ3v) is 4.05. The molecule has 2 N–H and O–H groups in total. The van der Waals surface area contributed by atoms with Crippen LogP contribution in [0.15, 0.2) is 6.33 Å². The molecule has 0 aliphatic carbocycles. The van der Waals surface area contributed by atoms with Crippen molar-refractivity contribution >= 4 is 17.0 Å². The van der Waals surface area contributed by atoms with E-state index in [9.17, 15) is 4.39 Å². The second kappa shape index (κ2) is 6.15. The molecule has 0 aliphatic rings. The van der Waals surface area contributed by atoms with E-state index in [4.69, 9.17) is 0 Å². The number of halogens is 1. The lowest BCUT2D eigenvalue weighted by Gasteiger charge is -2.27. The number of nitrogens with one attached hydrogen (secondary N) is 2. The largest absolute Gasteiger partial charge is 0.365 e. The number of hydrogen-bond donors (Lipinski definition) is 2. The van der Waals surface area contributed by atoms with Gasteiger partial charge in [0.2, 0.25) is 0 Å². The van der Waals surface area contributed by atoms with Crippen LogP contribution in [-0.4, -0.2) is 26.0 Å². The van der Waals surface area contributed by atoms with Crippen LogP contribution in [0.1, 0.15) is 40.5 Å². The van der Waals surface area contributed by atoms with Crippen LogP contribution in [0, 0.1) is 17.9 Å². The van der Waals surface area contributed by atoms with Crippen LogP contribution in [0.3, 0.4) is 0 Å². The summed E-state index contributed by atoms with van der Waals surface area (Å²) >= 11 is 0. The van der Waals surface area contributed by atoms with Gasteiger partial charge in [-0.3, -0.25) is 0 Å². The second-order valence-electron chi connectivity index (χ2n) is 5.50. The Hall–Kier alpha value is -1.72. The molecule has 0 amide bonds. The molecule has 0 aliphatic heterocycles. The van der Waals surface area contributed by atoms with Gasteiger partial charge in [-0.1, -0.05) is 33.6 Å². The Morgan fingerprint density at radius 3 is 2.75 bits per heavy atom. The van der Waals surface area contributed by atoms with Gasteiger partial charge < -0.3 is 10.3 Å². The molecule has 0 bridgehead atoms. The van der Waals surface area contributed by atoms with Crippen molar-refractivity contribution in [1.29, 1.82) is 0 Å². The van der Waals surface area contributed by atoms with Gasteiger partial charge in [0.05, 0.1) is 6.33 Å². The minimum atomic E-state index is -0.756. The maximum Gasteiger partial charge on any atom is 0.312 e. The molecule has 6 heteroatoms. The molecule has 0 spiro atoms. The Bertz CT molecular complexity index is 568. The van der Waals surface area contributed by atoms with Gasteiger partial charge in [0.25, 0.3) is 0 Å². The molecule has 2 heterocycles. The summed E-state index contributed by atoms with van der Waals surface area (Å²) < 4.78 is 13.4.